The summed E-state index contributed by atoms with van der Waals surface area (Å²) in [6, 6.07) is 20.8. The van der Waals surface area contributed by atoms with Crippen LogP contribution in [0, 0.1) is 0 Å². The first kappa shape index (κ1) is 14.6. The van der Waals surface area contributed by atoms with Gasteiger partial charge in [-0.05, 0) is 29.9 Å². The molecule has 2 aromatic rings. The van der Waals surface area contributed by atoms with Crippen LogP contribution >= 0.6 is 0 Å². The lowest BCUT2D eigenvalue weighted by Crippen LogP contribution is -2.23. The van der Waals surface area contributed by atoms with Crippen molar-refractivity contribution in [3.8, 4) is 0 Å². The molecule has 112 valence electrons. The van der Waals surface area contributed by atoms with E-state index in [0.29, 0.717) is 12.3 Å². The molecule has 1 aliphatic rings. The number of rotatable bonds is 5. The highest BCUT2D eigenvalue weighted by Crippen LogP contribution is 2.30. The molecule has 2 nitrogen and oxygen atoms in total. The van der Waals surface area contributed by atoms with Crippen molar-refractivity contribution in [3.63, 3.8) is 0 Å². The number of ketones is 1. The van der Waals surface area contributed by atoms with Crippen LogP contribution in [-0.2, 0) is 11.2 Å². The highest BCUT2D eigenvalue weighted by Gasteiger charge is 2.21. The highest BCUT2D eigenvalue weighted by atomic mass is 16.1. The Hall–Kier alpha value is -2.35. The van der Waals surface area contributed by atoms with Gasteiger partial charge in [0, 0.05) is 24.7 Å². The lowest BCUT2D eigenvalue weighted by atomic mass is 9.85. The van der Waals surface area contributed by atoms with Gasteiger partial charge in [-0.2, -0.15) is 0 Å². The van der Waals surface area contributed by atoms with Crippen molar-refractivity contribution in [2.24, 2.45) is 0 Å². The topological polar surface area (TPSA) is 29.1 Å². The lowest BCUT2D eigenvalue weighted by Gasteiger charge is -2.23. The Balaban J connectivity index is 1.58. The molecule has 2 aromatic carbocycles. The normalized spacial score (nSPS) is 17.9. The summed E-state index contributed by atoms with van der Waals surface area (Å²) in [6.07, 6.45) is 4.30. The summed E-state index contributed by atoms with van der Waals surface area (Å²) in [4.78, 5) is 12.0. The van der Waals surface area contributed by atoms with Crippen LogP contribution in [0.15, 0.2) is 72.4 Å². The van der Waals surface area contributed by atoms with Gasteiger partial charge in [-0.1, -0.05) is 60.7 Å². The van der Waals surface area contributed by atoms with Crippen LogP contribution in [0.1, 0.15) is 29.9 Å². The molecule has 22 heavy (non-hydrogen) atoms. The van der Waals surface area contributed by atoms with Gasteiger partial charge in [0.15, 0.2) is 5.78 Å². The molecule has 1 N–H and O–H groups in total. The number of hydrogen-bond acceptors (Lipinski definition) is 2. The molecule has 2 heteroatoms. The third kappa shape index (κ3) is 3.85. The zero-order valence-electron chi connectivity index (χ0n) is 12.7. The van der Waals surface area contributed by atoms with E-state index < -0.39 is 0 Å². The lowest BCUT2D eigenvalue weighted by molar-refractivity contribution is -0.115. The molecule has 0 aliphatic heterocycles. The summed E-state index contributed by atoms with van der Waals surface area (Å²) in [6.45, 7) is 0.866. The van der Waals surface area contributed by atoms with E-state index in [9.17, 15) is 4.79 Å². The Morgan fingerprint density at radius 1 is 0.909 bits per heavy atom. The Morgan fingerprint density at radius 2 is 1.59 bits per heavy atom. The summed E-state index contributed by atoms with van der Waals surface area (Å²) in [5.74, 6) is 0.528. The van der Waals surface area contributed by atoms with Crippen molar-refractivity contribution in [1.82, 2.24) is 5.32 Å². The zero-order valence-corrected chi connectivity index (χ0v) is 12.7. The number of hydrogen-bond donors (Lipinski definition) is 1. The summed E-state index contributed by atoms with van der Waals surface area (Å²) >= 11 is 0. The summed E-state index contributed by atoms with van der Waals surface area (Å²) in [7, 11) is 0. The molecular formula is C20H21NO. The zero-order chi connectivity index (χ0) is 15.2. The SMILES string of the molecule is O=C1C=C(NCCc2ccccc2)C[C@H](c2ccccc2)C1. The summed E-state index contributed by atoms with van der Waals surface area (Å²) in [5, 5.41) is 3.44. The maximum absolute atomic E-state index is 12.0. The van der Waals surface area contributed by atoms with Crippen LogP contribution in [0.4, 0.5) is 0 Å². The van der Waals surface area contributed by atoms with E-state index in [1.54, 1.807) is 6.08 Å². The predicted octanol–water partition coefficient (Wildman–Crippen LogP) is 3.85. The predicted molar refractivity (Wildman–Crippen MR) is 89.7 cm³/mol. The molecule has 1 atom stereocenters. The molecule has 0 heterocycles. The van der Waals surface area contributed by atoms with E-state index >= 15 is 0 Å². The van der Waals surface area contributed by atoms with Crippen molar-refractivity contribution in [3.05, 3.63) is 83.6 Å². The average Bonchev–Trinajstić information content (AvgIpc) is 2.56. The van der Waals surface area contributed by atoms with Gasteiger partial charge < -0.3 is 5.32 Å². The van der Waals surface area contributed by atoms with Gasteiger partial charge in [-0.15, -0.1) is 0 Å². The van der Waals surface area contributed by atoms with E-state index in [-0.39, 0.29) is 5.78 Å². The fourth-order valence-electron chi connectivity index (χ4n) is 2.99. The molecule has 1 aliphatic carbocycles. The smallest absolute Gasteiger partial charge is 0.158 e. The van der Waals surface area contributed by atoms with Crippen LogP contribution in [0.5, 0.6) is 0 Å². The Labute approximate surface area is 131 Å². The van der Waals surface area contributed by atoms with Crippen LogP contribution in [0.25, 0.3) is 0 Å². The first-order valence-corrected chi connectivity index (χ1v) is 7.87. The Kier molecular flexibility index (Phi) is 4.69. The van der Waals surface area contributed by atoms with E-state index in [2.05, 4.69) is 41.7 Å². The molecule has 0 aromatic heterocycles. The second-order valence-corrected chi connectivity index (χ2v) is 5.81. The van der Waals surface area contributed by atoms with Gasteiger partial charge in [0.25, 0.3) is 0 Å². The maximum atomic E-state index is 12.0. The molecule has 0 amide bonds. The summed E-state index contributed by atoms with van der Waals surface area (Å²) < 4.78 is 0. The minimum atomic E-state index is 0.224. The third-order valence-electron chi connectivity index (χ3n) is 4.13. The first-order chi connectivity index (χ1) is 10.8. The minimum Gasteiger partial charge on any atom is -0.388 e. The molecule has 0 unspecified atom stereocenters. The first-order valence-electron chi connectivity index (χ1n) is 7.87. The summed E-state index contributed by atoms with van der Waals surface area (Å²) in [5.41, 5.74) is 3.64. The van der Waals surface area contributed by atoms with Gasteiger partial charge in [0.1, 0.15) is 0 Å². The number of nitrogens with one attached hydrogen (secondary N) is 1. The molecule has 0 saturated carbocycles. The fourth-order valence-corrected chi connectivity index (χ4v) is 2.99. The quantitative estimate of drug-likeness (QED) is 0.906. The van der Waals surface area contributed by atoms with Gasteiger partial charge in [0.2, 0.25) is 0 Å². The molecule has 0 radical (unpaired) electrons. The molecule has 0 spiro atoms. The van der Waals surface area contributed by atoms with E-state index in [0.717, 1.165) is 25.1 Å². The van der Waals surface area contributed by atoms with Gasteiger partial charge in [-0.25, -0.2) is 0 Å². The van der Waals surface area contributed by atoms with Crippen molar-refractivity contribution in [2.45, 2.75) is 25.2 Å². The van der Waals surface area contributed by atoms with Crippen molar-refractivity contribution in [1.29, 1.82) is 0 Å². The van der Waals surface area contributed by atoms with Crippen LogP contribution < -0.4 is 5.32 Å². The average molecular weight is 291 g/mol. The molecule has 0 saturated heterocycles. The standard InChI is InChI=1S/C20H21NO/c22-20-14-18(17-9-5-2-6-10-17)13-19(15-20)21-12-11-16-7-3-1-4-8-16/h1-10,15,18,21H,11-14H2/t18-/m0/s1. The number of benzene rings is 2. The van der Waals surface area contributed by atoms with Gasteiger partial charge in [0.05, 0.1) is 0 Å². The third-order valence-corrected chi connectivity index (χ3v) is 4.13. The monoisotopic (exact) mass is 291 g/mol. The molecular weight excluding hydrogens is 270 g/mol. The number of carbonyl (C=O) groups is 1. The van der Waals surface area contributed by atoms with Crippen molar-refractivity contribution >= 4 is 5.78 Å². The number of allylic oxidation sites excluding steroid dienone is 2. The van der Waals surface area contributed by atoms with Crippen molar-refractivity contribution in [2.75, 3.05) is 6.54 Å². The highest BCUT2D eigenvalue weighted by molar-refractivity contribution is 5.91. The van der Waals surface area contributed by atoms with E-state index in [4.69, 9.17) is 0 Å². The Bertz CT molecular complexity index is 646. The van der Waals surface area contributed by atoms with E-state index in [1.807, 2.05) is 24.3 Å². The molecule has 0 fully saturated rings. The molecule has 3 rings (SSSR count). The van der Waals surface area contributed by atoms with E-state index in [1.165, 1.54) is 11.1 Å². The second-order valence-electron chi connectivity index (χ2n) is 5.81. The van der Waals surface area contributed by atoms with Crippen LogP contribution in [0.3, 0.4) is 0 Å². The van der Waals surface area contributed by atoms with Gasteiger partial charge >= 0.3 is 0 Å². The maximum Gasteiger partial charge on any atom is 0.158 e. The number of carbonyl (C=O) groups excluding carboxylic acids is 1. The van der Waals surface area contributed by atoms with Gasteiger partial charge in [-0.3, -0.25) is 4.79 Å². The Morgan fingerprint density at radius 3 is 2.32 bits per heavy atom. The minimum absolute atomic E-state index is 0.224. The largest absolute Gasteiger partial charge is 0.388 e. The van der Waals surface area contributed by atoms with Crippen molar-refractivity contribution < 1.29 is 4.79 Å². The van der Waals surface area contributed by atoms with Crippen LogP contribution in [0.2, 0.25) is 0 Å². The van der Waals surface area contributed by atoms with Crippen LogP contribution in [-0.4, -0.2) is 12.3 Å². The fraction of sp³-hybridized carbons (Fsp3) is 0.250. The second kappa shape index (κ2) is 7.08. The molecule has 0 bridgehead atoms.